The van der Waals surface area contributed by atoms with E-state index in [0.29, 0.717) is 11.3 Å². The van der Waals surface area contributed by atoms with E-state index in [1.54, 1.807) is 51.1 Å². The van der Waals surface area contributed by atoms with Crippen molar-refractivity contribution in [2.75, 3.05) is 12.3 Å². The van der Waals surface area contributed by atoms with Crippen molar-refractivity contribution in [3.8, 4) is 5.75 Å². The number of ether oxygens (including phenoxy) is 2. The normalized spacial score (nSPS) is 25.8. The lowest BCUT2D eigenvalue weighted by molar-refractivity contribution is -0.149. The SMILES string of the molecule is CC(C)OC(=O)[C@@H](C)N[P@@](=S)(OC[C@H]1O[C@@H](n2cnc3cnc(N)nc32)[C@](C)(F)[C@@H]1O)Oc1ccccc1. The lowest BCUT2D eigenvalue weighted by atomic mass is 9.98. The molecule has 0 amide bonds. The molecule has 6 atom stereocenters. The molecule has 0 aliphatic carbocycles. The number of rotatable bonds is 10. The molecule has 1 aliphatic rings. The third-order valence-corrected chi connectivity index (χ3v) is 8.24. The first-order valence-corrected chi connectivity index (χ1v) is 14.5. The van der Waals surface area contributed by atoms with Gasteiger partial charge in [0.15, 0.2) is 17.5 Å². The lowest BCUT2D eigenvalue weighted by Gasteiger charge is -2.28. The van der Waals surface area contributed by atoms with Gasteiger partial charge in [-0.1, -0.05) is 18.2 Å². The minimum Gasteiger partial charge on any atom is -0.462 e. The van der Waals surface area contributed by atoms with E-state index in [0.717, 1.165) is 0 Å². The summed E-state index contributed by atoms with van der Waals surface area (Å²) >= 11 is 5.68. The Bertz CT molecular complexity index is 1330. The maximum absolute atomic E-state index is 15.8. The number of anilines is 1. The van der Waals surface area contributed by atoms with Crippen LogP contribution in [0, 0.1) is 0 Å². The minimum absolute atomic E-state index is 0.0202. The van der Waals surface area contributed by atoms with Gasteiger partial charge in [0.05, 0.1) is 25.2 Å². The third kappa shape index (κ3) is 6.11. The zero-order valence-corrected chi connectivity index (χ0v) is 22.9. The average Bonchev–Trinajstić information content (AvgIpc) is 3.35. The molecule has 4 N–H and O–H groups in total. The summed E-state index contributed by atoms with van der Waals surface area (Å²) in [6.07, 6.45) is -1.64. The van der Waals surface area contributed by atoms with Gasteiger partial charge in [0.1, 0.15) is 29.5 Å². The minimum atomic E-state index is -3.43. The number of esters is 1. The van der Waals surface area contributed by atoms with E-state index >= 15 is 4.39 Å². The molecule has 3 heterocycles. The van der Waals surface area contributed by atoms with Gasteiger partial charge in [0.25, 0.3) is 0 Å². The molecule has 0 spiro atoms. The van der Waals surface area contributed by atoms with E-state index in [4.69, 9.17) is 36.1 Å². The van der Waals surface area contributed by atoms with Gasteiger partial charge >= 0.3 is 12.6 Å². The molecule has 0 saturated carbocycles. The Balaban J connectivity index is 1.54. The highest BCUT2D eigenvalue weighted by Crippen LogP contribution is 2.48. The Morgan fingerprint density at radius 1 is 1.34 bits per heavy atom. The van der Waals surface area contributed by atoms with Gasteiger partial charge in [-0.05, 0) is 51.6 Å². The number of alkyl halides is 1. The number of nitrogens with zero attached hydrogens (tertiary/aromatic N) is 4. The molecule has 12 nitrogen and oxygen atoms in total. The fraction of sp³-hybridized carbons (Fsp3) is 0.478. The third-order valence-electron chi connectivity index (χ3n) is 5.74. The Morgan fingerprint density at radius 3 is 2.74 bits per heavy atom. The number of benzene rings is 1. The largest absolute Gasteiger partial charge is 0.462 e. The maximum Gasteiger partial charge on any atom is 0.323 e. The molecular weight excluding hydrogens is 538 g/mol. The fourth-order valence-corrected chi connectivity index (χ4v) is 6.29. The van der Waals surface area contributed by atoms with Crippen molar-refractivity contribution in [3.05, 3.63) is 42.9 Å². The van der Waals surface area contributed by atoms with Crippen LogP contribution >= 0.6 is 6.64 Å². The van der Waals surface area contributed by atoms with Crippen LogP contribution in [0.15, 0.2) is 42.9 Å². The Hall–Kier alpha value is -2.74. The second kappa shape index (κ2) is 11.2. The van der Waals surface area contributed by atoms with E-state index in [-0.39, 0.29) is 24.3 Å². The number of nitrogens with one attached hydrogen (secondary N) is 1. The van der Waals surface area contributed by atoms with E-state index in [2.05, 4.69) is 20.0 Å². The van der Waals surface area contributed by atoms with E-state index in [1.165, 1.54) is 24.0 Å². The van der Waals surface area contributed by atoms with Crippen LogP contribution < -0.4 is 15.3 Å². The number of aliphatic hydroxyl groups is 1. The summed E-state index contributed by atoms with van der Waals surface area (Å²) in [5, 5.41) is 13.7. The number of imidazole rings is 1. The number of nitrogen functional groups attached to an aromatic ring is 1. The Kier molecular flexibility index (Phi) is 8.31. The summed E-state index contributed by atoms with van der Waals surface area (Å²) < 4.78 is 40.2. The summed E-state index contributed by atoms with van der Waals surface area (Å²) in [7, 11) is 0. The van der Waals surface area contributed by atoms with Crippen LogP contribution in [0.5, 0.6) is 5.75 Å². The van der Waals surface area contributed by atoms with Crippen molar-refractivity contribution in [1.82, 2.24) is 24.6 Å². The Morgan fingerprint density at radius 2 is 2.05 bits per heavy atom. The van der Waals surface area contributed by atoms with Gasteiger partial charge in [-0.2, -0.15) is 4.98 Å². The summed E-state index contributed by atoms with van der Waals surface area (Å²) in [4.78, 5) is 24.6. The molecule has 2 aromatic heterocycles. The van der Waals surface area contributed by atoms with Crippen LogP contribution in [0.25, 0.3) is 11.2 Å². The molecule has 0 unspecified atom stereocenters. The Labute approximate surface area is 223 Å². The molecule has 1 fully saturated rings. The maximum atomic E-state index is 15.8. The highest BCUT2D eigenvalue weighted by atomic mass is 32.5. The van der Waals surface area contributed by atoms with Crippen molar-refractivity contribution in [1.29, 1.82) is 0 Å². The molecule has 1 aliphatic heterocycles. The summed E-state index contributed by atoms with van der Waals surface area (Å²) in [6, 6.07) is 7.78. The van der Waals surface area contributed by atoms with Crippen molar-refractivity contribution in [2.24, 2.45) is 0 Å². The number of nitrogens with two attached hydrogens (primary N) is 1. The number of aromatic nitrogens is 4. The molecule has 4 rings (SSSR count). The van der Waals surface area contributed by atoms with Gasteiger partial charge in [-0.25, -0.2) is 19.4 Å². The van der Waals surface area contributed by atoms with Crippen molar-refractivity contribution >= 4 is 41.5 Å². The molecule has 3 aromatic rings. The first-order valence-electron chi connectivity index (χ1n) is 11.8. The number of carbonyl (C=O) groups is 1. The van der Waals surface area contributed by atoms with Crippen molar-refractivity contribution in [2.45, 2.75) is 63.9 Å². The zero-order chi connectivity index (χ0) is 27.7. The number of aliphatic hydroxyl groups excluding tert-OH is 1. The number of carbonyl (C=O) groups excluding carboxylic acids is 1. The highest BCUT2D eigenvalue weighted by molar-refractivity contribution is 8.09. The predicted molar refractivity (Wildman–Crippen MR) is 140 cm³/mol. The summed E-state index contributed by atoms with van der Waals surface area (Å²) in [5.41, 5.74) is 4.06. The van der Waals surface area contributed by atoms with Gasteiger partial charge in [-0.3, -0.25) is 9.36 Å². The lowest BCUT2D eigenvalue weighted by Crippen LogP contribution is -2.41. The van der Waals surface area contributed by atoms with Crippen LogP contribution in [0.1, 0.15) is 33.9 Å². The standard InChI is InChI=1S/C23H30FN6O6PS/c1-13(2)34-20(32)14(3)29-37(38,36-15-8-6-5-7-9-15)33-11-17-18(31)23(4,24)21(35-17)30-12-27-16-10-26-22(25)28-19(16)30/h5-10,12-14,17-18,21,31H,11H2,1-4H3,(H,29,38)(H2,25,26,28)/t14-,17-,18-,21-,23-,37-/m1/s1. The van der Waals surface area contributed by atoms with Crippen LogP contribution in [0.3, 0.4) is 0 Å². The number of hydrogen-bond donors (Lipinski definition) is 3. The fourth-order valence-electron chi connectivity index (χ4n) is 3.87. The molecule has 15 heteroatoms. The second-order valence-electron chi connectivity index (χ2n) is 9.25. The predicted octanol–water partition coefficient (Wildman–Crippen LogP) is 2.64. The number of halogens is 1. The van der Waals surface area contributed by atoms with E-state index < -0.39 is 42.8 Å². The van der Waals surface area contributed by atoms with E-state index in [1.807, 2.05) is 0 Å². The molecular formula is C23H30FN6O6PS. The quantitative estimate of drug-likeness (QED) is 0.243. The van der Waals surface area contributed by atoms with Gasteiger partial charge in [0.2, 0.25) is 5.95 Å². The average molecular weight is 569 g/mol. The van der Waals surface area contributed by atoms with Crippen LogP contribution in [-0.4, -0.2) is 67.2 Å². The number of hydrogen-bond acceptors (Lipinski definition) is 11. The number of fused-ring (bicyclic) bond motifs is 1. The molecule has 0 bridgehead atoms. The van der Waals surface area contributed by atoms with Crippen LogP contribution in [-0.2, 0) is 30.6 Å². The van der Waals surface area contributed by atoms with Crippen LogP contribution in [0.2, 0.25) is 0 Å². The first kappa shape index (κ1) is 28.3. The zero-order valence-electron chi connectivity index (χ0n) is 21.2. The van der Waals surface area contributed by atoms with Gasteiger partial charge < -0.3 is 29.4 Å². The topological polar surface area (TPSA) is 156 Å². The monoisotopic (exact) mass is 568 g/mol. The van der Waals surface area contributed by atoms with E-state index in [9.17, 15) is 9.90 Å². The molecule has 206 valence electrons. The summed E-state index contributed by atoms with van der Waals surface area (Å²) in [6.45, 7) is 2.45. The van der Waals surface area contributed by atoms with Gasteiger partial charge in [-0.15, -0.1) is 0 Å². The highest BCUT2D eigenvalue weighted by Gasteiger charge is 2.55. The van der Waals surface area contributed by atoms with Gasteiger partial charge in [0, 0.05) is 0 Å². The smallest absolute Gasteiger partial charge is 0.323 e. The first-order chi connectivity index (χ1) is 17.9. The second-order valence-corrected chi connectivity index (χ2v) is 12.4. The van der Waals surface area contributed by atoms with Crippen molar-refractivity contribution in [3.63, 3.8) is 0 Å². The molecule has 1 saturated heterocycles. The van der Waals surface area contributed by atoms with Crippen molar-refractivity contribution < 1.29 is 32.8 Å². The molecule has 38 heavy (non-hydrogen) atoms. The number of para-hydroxylation sites is 1. The molecule has 1 aromatic carbocycles. The molecule has 0 radical (unpaired) electrons. The van der Waals surface area contributed by atoms with Crippen LogP contribution in [0.4, 0.5) is 10.3 Å². The summed E-state index contributed by atoms with van der Waals surface area (Å²) in [5.74, 6) is -0.166.